The molecule has 2 rings (SSSR count). The van der Waals surface area contributed by atoms with E-state index in [-0.39, 0.29) is 17.5 Å². The van der Waals surface area contributed by atoms with Gasteiger partial charge in [0.25, 0.3) is 0 Å². The van der Waals surface area contributed by atoms with Gasteiger partial charge in [-0.05, 0) is 64.2 Å². The van der Waals surface area contributed by atoms with Gasteiger partial charge < -0.3 is 20.7 Å². The van der Waals surface area contributed by atoms with Gasteiger partial charge in [-0.2, -0.15) is 0 Å². The average molecular weight is 322 g/mol. The quantitative estimate of drug-likeness (QED) is 0.627. The second-order valence-electron chi connectivity index (χ2n) is 7.25. The number of amides is 1. The highest BCUT2D eigenvalue weighted by molar-refractivity contribution is 5.87. The fourth-order valence-electron chi connectivity index (χ4n) is 2.77. The molecule has 0 radical (unpaired) electrons. The number of benzene rings is 1. The zero-order chi connectivity index (χ0) is 17.3. The number of carbonyl (C=O) groups excluding carboxylic acids is 1. The normalized spacial score (nSPS) is 25.0. The fourth-order valence-corrected chi connectivity index (χ4v) is 2.77. The molecule has 0 unspecified atom stereocenters. The maximum absolute atomic E-state index is 11.8. The van der Waals surface area contributed by atoms with E-state index in [1.807, 2.05) is 0 Å². The first kappa shape index (κ1) is 17.6. The van der Waals surface area contributed by atoms with Crippen LogP contribution in [0.5, 0.6) is 5.75 Å². The van der Waals surface area contributed by atoms with Gasteiger partial charge in [0.2, 0.25) is 0 Å². The van der Waals surface area contributed by atoms with E-state index in [1.165, 1.54) is 0 Å². The molecule has 1 fully saturated rings. The van der Waals surface area contributed by atoms with Crippen LogP contribution in [0.2, 0.25) is 0 Å². The number of rotatable bonds is 2. The number of carbonyl (C=O) groups is 1. The van der Waals surface area contributed by atoms with E-state index in [4.69, 9.17) is 10.5 Å². The number of phenolic OH excluding ortho intramolecular Hbond substituents is 1. The van der Waals surface area contributed by atoms with E-state index < -0.39 is 17.2 Å². The highest BCUT2D eigenvalue weighted by Crippen LogP contribution is 2.37. The van der Waals surface area contributed by atoms with Crippen molar-refractivity contribution in [3.63, 3.8) is 0 Å². The van der Waals surface area contributed by atoms with Crippen LogP contribution < -0.4 is 11.1 Å². The summed E-state index contributed by atoms with van der Waals surface area (Å²) < 4.78 is 5.16. The zero-order valence-electron chi connectivity index (χ0n) is 13.9. The van der Waals surface area contributed by atoms with E-state index in [0.29, 0.717) is 25.7 Å². The minimum atomic E-state index is -0.621. The lowest BCUT2D eigenvalue weighted by Gasteiger charge is -2.36. The van der Waals surface area contributed by atoms with Crippen molar-refractivity contribution in [2.75, 3.05) is 5.32 Å². The Morgan fingerprint density at radius 2 is 1.96 bits per heavy atom. The summed E-state index contributed by atoms with van der Waals surface area (Å²) >= 11 is 0. The van der Waals surface area contributed by atoms with E-state index in [2.05, 4.69) is 5.32 Å². The van der Waals surface area contributed by atoms with Crippen LogP contribution in [0.3, 0.4) is 0 Å². The highest BCUT2D eigenvalue weighted by Gasteiger charge is 2.33. The standard InChI is InChI=1S/C17H26N2O4/c1-16(2,3)23-15(22)19-13-5-4-11(10-14(13)21)17(18)8-6-12(20)7-9-17/h4-5,10,12,20-21H,6-9,18H2,1-3H3,(H,19,22). The molecule has 6 heteroatoms. The van der Waals surface area contributed by atoms with E-state index >= 15 is 0 Å². The van der Waals surface area contributed by atoms with Crippen LogP contribution in [0.4, 0.5) is 10.5 Å². The molecule has 1 aliphatic rings. The van der Waals surface area contributed by atoms with Gasteiger partial charge in [0.15, 0.2) is 0 Å². The second-order valence-corrected chi connectivity index (χ2v) is 7.25. The van der Waals surface area contributed by atoms with E-state index in [1.54, 1.807) is 39.0 Å². The predicted molar refractivity (Wildman–Crippen MR) is 88.3 cm³/mol. The molecular weight excluding hydrogens is 296 g/mol. The monoisotopic (exact) mass is 322 g/mol. The molecule has 5 N–H and O–H groups in total. The van der Waals surface area contributed by atoms with E-state index in [0.717, 1.165) is 5.56 Å². The van der Waals surface area contributed by atoms with Crippen molar-refractivity contribution in [1.82, 2.24) is 0 Å². The first-order valence-electron chi connectivity index (χ1n) is 7.89. The van der Waals surface area contributed by atoms with Gasteiger partial charge in [-0.15, -0.1) is 0 Å². The Bertz CT molecular complexity index is 572. The first-order chi connectivity index (χ1) is 10.6. The Kier molecular flexibility index (Phi) is 4.87. The fraction of sp³-hybridized carbons (Fsp3) is 0.588. The molecule has 0 bridgehead atoms. The number of nitrogens with one attached hydrogen (secondary N) is 1. The van der Waals surface area contributed by atoms with Crippen LogP contribution in [0, 0.1) is 0 Å². The number of aromatic hydroxyl groups is 1. The third-order valence-electron chi connectivity index (χ3n) is 4.06. The topological polar surface area (TPSA) is 105 Å². The molecule has 1 aromatic rings. The van der Waals surface area contributed by atoms with Crippen molar-refractivity contribution in [3.05, 3.63) is 23.8 Å². The van der Waals surface area contributed by atoms with Crippen molar-refractivity contribution in [2.45, 2.75) is 63.7 Å². The summed E-state index contributed by atoms with van der Waals surface area (Å²) in [5.41, 5.74) is 6.33. The van der Waals surface area contributed by atoms with Crippen molar-refractivity contribution in [3.8, 4) is 5.75 Å². The molecule has 0 spiro atoms. The Hall–Kier alpha value is -1.79. The summed E-state index contributed by atoms with van der Waals surface area (Å²) in [4.78, 5) is 11.8. The number of ether oxygens (including phenoxy) is 1. The van der Waals surface area contributed by atoms with E-state index in [9.17, 15) is 15.0 Å². The van der Waals surface area contributed by atoms with Crippen LogP contribution in [0.1, 0.15) is 52.0 Å². The Morgan fingerprint density at radius 3 is 2.48 bits per heavy atom. The molecule has 1 saturated carbocycles. The van der Waals surface area contributed by atoms with Gasteiger partial charge in [-0.1, -0.05) is 6.07 Å². The summed E-state index contributed by atoms with van der Waals surface area (Å²) in [6.45, 7) is 5.31. The maximum Gasteiger partial charge on any atom is 0.412 e. The number of anilines is 1. The molecule has 1 aliphatic carbocycles. The average Bonchev–Trinajstić information content (AvgIpc) is 2.42. The maximum atomic E-state index is 11.8. The number of hydrogen-bond acceptors (Lipinski definition) is 5. The van der Waals surface area contributed by atoms with Gasteiger partial charge in [0, 0.05) is 5.54 Å². The van der Waals surface area contributed by atoms with Crippen molar-refractivity contribution in [2.24, 2.45) is 5.73 Å². The second kappa shape index (κ2) is 6.37. The van der Waals surface area contributed by atoms with Crippen LogP contribution in [0.25, 0.3) is 0 Å². The van der Waals surface area contributed by atoms with Crippen molar-refractivity contribution in [1.29, 1.82) is 0 Å². The molecule has 6 nitrogen and oxygen atoms in total. The summed E-state index contributed by atoms with van der Waals surface area (Å²) in [5.74, 6) is -0.0516. The lowest BCUT2D eigenvalue weighted by atomic mass is 9.76. The number of hydrogen-bond donors (Lipinski definition) is 4. The minimum absolute atomic E-state index is 0.0516. The molecule has 128 valence electrons. The number of aliphatic hydroxyl groups excluding tert-OH is 1. The molecular formula is C17H26N2O4. The summed E-state index contributed by atoms with van der Waals surface area (Å²) in [6, 6.07) is 4.99. The molecule has 0 heterocycles. The smallest absolute Gasteiger partial charge is 0.412 e. The third kappa shape index (κ3) is 4.59. The number of aliphatic hydroxyl groups is 1. The van der Waals surface area contributed by atoms with Gasteiger partial charge >= 0.3 is 6.09 Å². The van der Waals surface area contributed by atoms with Gasteiger partial charge in [-0.25, -0.2) is 4.79 Å². The number of nitrogens with two attached hydrogens (primary N) is 1. The van der Waals surface area contributed by atoms with Crippen LogP contribution in [-0.4, -0.2) is 28.0 Å². The molecule has 0 saturated heterocycles. The lowest BCUT2D eigenvalue weighted by molar-refractivity contribution is 0.0635. The summed E-state index contributed by atoms with van der Waals surface area (Å²) in [7, 11) is 0. The van der Waals surface area contributed by atoms with Gasteiger partial charge in [0.1, 0.15) is 11.4 Å². The largest absolute Gasteiger partial charge is 0.506 e. The molecule has 0 atom stereocenters. The van der Waals surface area contributed by atoms with Crippen molar-refractivity contribution >= 4 is 11.8 Å². The van der Waals surface area contributed by atoms with Crippen LogP contribution in [-0.2, 0) is 10.3 Å². The zero-order valence-corrected chi connectivity index (χ0v) is 13.9. The third-order valence-corrected chi connectivity index (χ3v) is 4.06. The summed E-state index contributed by atoms with van der Waals surface area (Å²) in [6.07, 6.45) is 1.70. The molecule has 1 amide bonds. The molecule has 0 aliphatic heterocycles. The van der Waals surface area contributed by atoms with Crippen LogP contribution in [0.15, 0.2) is 18.2 Å². The summed E-state index contributed by atoms with van der Waals surface area (Å²) in [5, 5.41) is 22.3. The van der Waals surface area contributed by atoms with Crippen molar-refractivity contribution < 1.29 is 19.7 Å². The Morgan fingerprint density at radius 1 is 1.35 bits per heavy atom. The lowest BCUT2D eigenvalue weighted by Crippen LogP contribution is -2.41. The molecule has 1 aromatic carbocycles. The van der Waals surface area contributed by atoms with Gasteiger partial charge in [-0.3, -0.25) is 5.32 Å². The Labute approximate surface area is 136 Å². The van der Waals surface area contributed by atoms with Gasteiger partial charge in [0.05, 0.1) is 11.8 Å². The minimum Gasteiger partial charge on any atom is -0.506 e. The van der Waals surface area contributed by atoms with Crippen LogP contribution >= 0.6 is 0 Å². The first-order valence-corrected chi connectivity index (χ1v) is 7.89. The Balaban J connectivity index is 2.10. The molecule has 0 aromatic heterocycles. The SMILES string of the molecule is CC(C)(C)OC(=O)Nc1ccc(C2(N)CCC(O)CC2)cc1O. The predicted octanol–water partition coefficient (Wildman–Crippen LogP) is 2.83. The molecule has 23 heavy (non-hydrogen) atoms. The highest BCUT2D eigenvalue weighted by atomic mass is 16.6. The number of phenols is 1.